The molecule has 1 unspecified atom stereocenters. The van der Waals surface area contributed by atoms with Crippen molar-refractivity contribution in [3.8, 4) is 0 Å². The van der Waals surface area contributed by atoms with Gasteiger partial charge in [-0.1, -0.05) is 36.9 Å². The van der Waals surface area contributed by atoms with E-state index in [0.29, 0.717) is 17.4 Å². The first kappa shape index (κ1) is 21.8. The molecule has 166 valence electrons. The first-order valence-corrected chi connectivity index (χ1v) is 11.2. The van der Waals surface area contributed by atoms with Crippen LogP contribution in [0.5, 0.6) is 0 Å². The predicted octanol–water partition coefficient (Wildman–Crippen LogP) is 3.61. The third-order valence-corrected chi connectivity index (χ3v) is 6.47. The van der Waals surface area contributed by atoms with Gasteiger partial charge in [0.15, 0.2) is 10.8 Å². The Labute approximate surface area is 189 Å². The molecule has 4 rings (SSSR count). The van der Waals surface area contributed by atoms with E-state index in [1.807, 2.05) is 42.5 Å². The minimum atomic E-state index is -0.526. The van der Waals surface area contributed by atoms with Crippen molar-refractivity contribution in [1.82, 2.24) is 24.4 Å². The summed E-state index contributed by atoms with van der Waals surface area (Å²) >= 11 is 1.34. The van der Waals surface area contributed by atoms with E-state index >= 15 is 0 Å². The van der Waals surface area contributed by atoms with Gasteiger partial charge in [0.25, 0.3) is 0 Å². The Balaban J connectivity index is 1.63. The van der Waals surface area contributed by atoms with Gasteiger partial charge in [-0.15, -0.1) is 10.2 Å². The topological polar surface area (TPSA) is 103 Å². The fraction of sp³-hybridized carbons (Fsp3) is 0.318. The van der Waals surface area contributed by atoms with E-state index in [-0.39, 0.29) is 18.1 Å². The van der Waals surface area contributed by atoms with Gasteiger partial charge >= 0.3 is 5.97 Å². The molecule has 3 aromatic heterocycles. The summed E-state index contributed by atoms with van der Waals surface area (Å²) in [5.74, 6) is -0.471. The molecule has 1 N–H and O–H groups in total. The van der Waals surface area contributed by atoms with Crippen LogP contribution in [-0.4, -0.2) is 48.1 Å². The third kappa shape index (κ3) is 3.93. The number of rotatable bonds is 7. The average molecular weight is 453 g/mol. The van der Waals surface area contributed by atoms with E-state index in [9.17, 15) is 9.59 Å². The highest BCUT2D eigenvalue weighted by Gasteiger charge is 2.25. The first-order valence-electron chi connectivity index (χ1n) is 10.3. The molecule has 9 nitrogen and oxygen atoms in total. The lowest BCUT2D eigenvalue weighted by Crippen LogP contribution is -2.27. The van der Waals surface area contributed by atoms with Crippen LogP contribution in [0.25, 0.3) is 16.6 Å². The number of ether oxygens (including phenoxy) is 1. The number of hydrogen-bond donors (Lipinski definition) is 1. The van der Waals surface area contributed by atoms with Crippen molar-refractivity contribution >= 4 is 46.0 Å². The summed E-state index contributed by atoms with van der Waals surface area (Å²) in [7, 11) is 1.66. The Kier molecular flexibility index (Phi) is 6.13. The molecular weight excluding hydrogens is 428 g/mol. The Hall–Kier alpha value is -3.40. The SMILES string of the molecule is CCOC(=O)c1cnn(C)c1NC(=O)C(CC)Sc1nnc2cc(C)c3ccccc3n12. The molecule has 0 aliphatic rings. The molecule has 4 aromatic rings. The second-order valence-corrected chi connectivity index (χ2v) is 8.45. The predicted molar refractivity (Wildman–Crippen MR) is 123 cm³/mol. The lowest BCUT2D eigenvalue weighted by molar-refractivity contribution is -0.115. The van der Waals surface area contributed by atoms with Gasteiger partial charge in [0.05, 0.1) is 23.6 Å². The van der Waals surface area contributed by atoms with Crippen LogP contribution in [0, 0.1) is 6.92 Å². The van der Waals surface area contributed by atoms with E-state index in [0.717, 1.165) is 22.1 Å². The van der Waals surface area contributed by atoms with Gasteiger partial charge in [0.1, 0.15) is 11.4 Å². The summed E-state index contributed by atoms with van der Waals surface area (Å²) in [6.07, 6.45) is 1.95. The molecule has 3 heterocycles. The van der Waals surface area contributed by atoms with E-state index in [1.165, 1.54) is 22.6 Å². The van der Waals surface area contributed by atoms with Gasteiger partial charge in [-0.3, -0.25) is 13.9 Å². The summed E-state index contributed by atoms with van der Waals surface area (Å²) in [6.45, 7) is 5.94. The number of hydrogen-bond acceptors (Lipinski definition) is 7. The van der Waals surface area contributed by atoms with Crippen molar-refractivity contribution in [3.05, 3.63) is 47.7 Å². The van der Waals surface area contributed by atoms with Gasteiger partial charge in [0.2, 0.25) is 5.91 Å². The average Bonchev–Trinajstić information content (AvgIpc) is 3.35. The highest BCUT2D eigenvalue weighted by molar-refractivity contribution is 8.00. The molecule has 0 saturated heterocycles. The monoisotopic (exact) mass is 452 g/mol. The van der Waals surface area contributed by atoms with Gasteiger partial charge in [-0.2, -0.15) is 5.10 Å². The first-order chi connectivity index (χ1) is 15.4. The second kappa shape index (κ2) is 8.99. The van der Waals surface area contributed by atoms with E-state index in [2.05, 4.69) is 26.7 Å². The van der Waals surface area contributed by atoms with Crippen molar-refractivity contribution in [2.75, 3.05) is 11.9 Å². The fourth-order valence-corrected chi connectivity index (χ4v) is 4.51. The molecule has 1 amide bonds. The van der Waals surface area contributed by atoms with Crippen LogP contribution in [0.2, 0.25) is 0 Å². The molecular formula is C22H24N6O3S. The van der Waals surface area contributed by atoms with Gasteiger partial charge in [0, 0.05) is 12.4 Å². The quantitative estimate of drug-likeness (QED) is 0.337. The summed E-state index contributed by atoms with van der Waals surface area (Å²) in [6, 6.07) is 10.0. The number of carbonyl (C=O) groups is 2. The molecule has 1 aromatic carbocycles. The highest BCUT2D eigenvalue weighted by Crippen LogP contribution is 2.30. The second-order valence-electron chi connectivity index (χ2n) is 7.28. The Morgan fingerprint density at radius 2 is 2.00 bits per heavy atom. The van der Waals surface area contributed by atoms with Crippen LogP contribution in [-0.2, 0) is 16.6 Å². The van der Waals surface area contributed by atoms with Crippen LogP contribution < -0.4 is 5.32 Å². The Morgan fingerprint density at radius 3 is 2.75 bits per heavy atom. The zero-order valence-corrected chi connectivity index (χ0v) is 19.1. The van der Waals surface area contributed by atoms with E-state index in [4.69, 9.17) is 4.74 Å². The number of thioether (sulfide) groups is 1. The zero-order chi connectivity index (χ0) is 22.8. The number of amides is 1. The number of aromatic nitrogens is 5. The minimum absolute atomic E-state index is 0.219. The number of nitrogens with zero attached hydrogens (tertiary/aromatic N) is 5. The Bertz CT molecular complexity index is 1310. The molecule has 0 bridgehead atoms. The zero-order valence-electron chi connectivity index (χ0n) is 18.3. The maximum absolute atomic E-state index is 13.1. The van der Waals surface area contributed by atoms with Crippen LogP contribution in [0.4, 0.5) is 5.82 Å². The van der Waals surface area contributed by atoms with Crippen molar-refractivity contribution in [2.24, 2.45) is 7.05 Å². The van der Waals surface area contributed by atoms with Crippen LogP contribution in [0.15, 0.2) is 41.7 Å². The van der Waals surface area contributed by atoms with Gasteiger partial charge < -0.3 is 10.1 Å². The molecule has 32 heavy (non-hydrogen) atoms. The summed E-state index contributed by atoms with van der Waals surface area (Å²) in [5.41, 5.74) is 3.05. The summed E-state index contributed by atoms with van der Waals surface area (Å²) in [4.78, 5) is 25.3. The van der Waals surface area contributed by atoms with Crippen LogP contribution in [0.3, 0.4) is 0 Å². The molecule has 0 spiro atoms. The molecule has 0 saturated carbocycles. The van der Waals surface area contributed by atoms with Crippen molar-refractivity contribution in [1.29, 1.82) is 0 Å². The number of pyridine rings is 1. The highest BCUT2D eigenvalue weighted by atomic mass is 32.2. The van der Waals surface area contributed by atoms with Crippen molar-refractivity contribution < 1.29 is 14.3 Å². The van der Waals surface area contributed by atoms with E-state index in [1.54, 1.807) is 14.0 Å². The Morgan fingerprint density at radius 1 is 1.22 bits per heavy atom. The largest absolute Gasteiger partial charge is 0.462 e. The van der Waals surface area contributed by atoms with Crippen LogP contribution in [0.1, 0.15) is 36.2 Å². The van der Waals surface area contributed by atoms with E-state index < -0.39 is 11.2 Å². The third-order valence-electron chi connectivity index (χ3n) is 5.16. The minimum Gasteiger partial charge on any atom is -0.462 e. The smallest absolute Gasteiger partial charge is 0.343 e. The molecule has 0 aliphatic heterocycles. The molecule has 0 aliphatic carbocycles. The molecule has 0 radical (unpaired) electrons. The van der Waals surface area contributed by atoms with Crippen molar-refractivity contribution in [2.45, 2.75) is 37.6 Å². The van der Waals surface area contributed by atoms with Crippen molar-refractivity contribution in [3.63, 3.8) is 0 Å². The number of benzene rings is 1. The number of para-hydroxylation sites is 1. The lowest BCUT2D eigenvalue weighted by atomic mass is 10.1. The van der Waals surface area contributed by atoms with Gasteiger partial charge in [-0.05, 0) is 38.0 Å². The van der Waals surface area contributed by atoms with Crippen LogP contribution >= 0.6 is 11.8 Å². The number of nitrogens with one attached hydrogen (secondary N) is 1. The number of carbonyl (C=O) groups excluding carboxylic acids is 2. The standard InChI is InChI=1S/C22H24N6O3S/c1-5-17(20(29)24-19-15(12-23-27(19)4)21(30)31-6-2)32-22-26-25-18-11-13(3)14-9-7-8-10-16(14)28(18)22/h7-12,17H,5-6H2,1-4H3,(H,24,29). The normalized spacial score (nSPS) is 12.2. The lowest BCUT2D eigenvalue weighted by Gasteiger charge is -2.15. The number of anilines is 1. The summed E-state index contributed by atoms with van der Waals surface area (Å²) < 4.78 is 8.48. The maximum Gasteiger partial charge on any atom is 0.343 e. The number of esters is 1. The van der Waals surface area contributed by atoms with Gasteiger partial charge in [-0.25, -0.2) is 4.79 Å². The number of fused-ring (bicyclic) bond motifs is 3. The summed E-state index contributed by atoms with van der Waals surface area (Å²) in [5, 5.41) is 16.9. The molecule has 10 heteroatoms. The maximum atomic E-state index is 13.1. The molecule has 0 fully saturated rings. The molecule has 1 atom stereocenters. The fourth-order valence-electron chi connectivity index (χ4n) is 3.54. The number of aryl methyl sites for hydroxylation is 2.